The lowest BCUT2D eigenvalue weighted by molar-refractivity contribution is 0.0825. The van der Waals surface area contributed by atoms with Crippen molar-refractivity contribution in [2.24, 2.45) is 17.6 Å². The molecule has 0 radical (unpaired) electrons. The molecular weight excluding hydrogens is 219 g/mol. The van der Waals surface area contributed by atoms with Crippen LogP contribution in [0.25, 0.3) is 0 Å². The van der Waals surface area contributed by atoms with Gasteiger partial charge in [0.05, 0.1) is 11.8 Å². The van der Waals surface area contributed by atoms with Crippen molar-refractivity contribution in [2.75, 3.05) is 6.54 Å². The number of ketones is 1. The Bertz CT molecular complexity index is 408. The van der Waals surface area contributed by atoms with Crippen molar-refractivity contribution in [3.05, 3.63) is 29.8 Å². The summed E-state index contributed by atoms with van der Waals surface area (Å²) < 4.78 is 13.5. The zero-order valence-electron chi connectivity index (χ0n) is 9.73. The van der Waals surface area contributed by atoms with Gasteiger partial charge in [-0.15, -0.1) is 0 Å². The van der Waals surface area contributed by atoms with Crippen LogP contribution in [-0.4, -0.2) is 17.3 Å². The molecule has 1 aromatic heterocycles. The van der Waals surface area contributed by atoms with E-state index in [2.05, 4.69) is 4.98 Å². The van der Waals surface area contributed by atoms with Crippen LogP contribution in [-0.2, 0) is 0 Å². The van der Waals surface area contributed by atoms with Crippen molar-refractivity contribution >= 4 is 5.78 Å². The van der Waals surface area contributed by atoms with Crippen molar-refractivity contribution in [3.63, 3.8) is 0 Å². The highest BCUT2D eigenvalue weighted by Crippen LogP contribution is 2.32. The van der Waals surface area contributed by atoms with Crippen molar-refractivity contribution in [1.82, 2.24) is 4.98 Å². The third-order valence-electron chi connectivity index (χ3n) is 3.59. The highest BCUT2D eigenvalue weighted by Gasteiger charge is 2.31. The molecule has 1 heterocycles. The summed E-state index contributed by atoms with van der Waals surface area (Å²) in [4.78, 5) is 15.9. The van der Waals surface area contributed by atoms with Crippen LogP contribution < -0.4 is 5.73 Å². The lowest BCUT2D eigenvalue weighted by Crippen LogP contribution is -2.32. The molecule has 1 aliphatic rings. The Kier molecular flexibility index (Phi) is 3.84. The monoisotopic (exact) mass is 236 g/mol. The minimum absolute atomic E-state index is 0.111. The van der Waals surface area contributed by atoms with Gasteiger partial charge in [0.15, 0.2) is 11.6 Å². The molecule has 0 amide bonds. The molecule has 0 saturated heterocycles. The quantitative estimate of drug-likeness (QED) is 0.818. The van der Waals surface area contributed by atoms with Crippen LogP contribution >= 0.6 is 0 Å². The zero-order valence-corrected chi connectivity index (χ0v) is 9.73. The van der Waals surface area contributed by atoms with E-state index in [9.17, 15) is 9.18 Å². The molecule has 0 spiro atoms. The number of hydrogen-bond acceptors (Lipinski definition) is 3. The lowest BCUT2D eigenvalue weighted by Gasteiger charge is -2.29. The number of carbonyl (C=O) groups excluding carboxylic acids is 1. The Hall–Kier alpha value is -1.29. The van der Waals surface area contributed by atoms with E-state index in [1.807, 2.05) is 0 Å². The van der Waals surface area contributed by atoms with Crippen LogP contribution in [0.2, 0.25) is 0 Å². The van der Waals surface area contributed by atoms with Crippen LogP contribution in [0.1, 0.15) is 36.0 Å². The first kappa shape index (κ1) is 12.2. The van der Waals surface area contributed by atoms with Gasteiger partial charge in [0.25, 0.3) is 0 Å². The van der Waals surface area contributed by atoms with Crippen LogP contribution in [0.4, 0.5) is 4.39 Å². The molecule has 0 aromatic carbocycles. The molecule has 2 unspecified atom stereocenters. The molecule has 1 aromatic rings. The number of pyridine rings is 1. The second kappa shape index (κ2) is 5.36. The van der Waals surface area contributed by atoms with Gasteiger partial charge in [-0.05, 0) is 31.4 Å². The minimum atomic E-state index is -0.529. The van der Waals surface area contributed by atoms with E-state index in [0.717, 1.165) is 31.9 Å². The largest absolute Gasteiger partial charge is 0.330 e. The molecule has 0 bridgehead atoms. The Balaban J connectivity index is 2.21. The molecule has 2 atom stereocenters. The number of Topliss-reactive ketones (excluding diaryl/α,β-unsaturated/α-hetero) is 1. The van der Waals surface area contributed by atoms with E-state index in [4.69, 9.17) is 5.73 Å². The summed E-state index contributed by atoms with van der Waals surface area (Å²) in [6.45, 7) is 0.503. The molecule has 3 nitrogen and oxygen atoms in total. The molecule has 1 saturated carbocycles. The van der Waals surface area contributed by atoms with Crippen molar-refractivity contribution in [3.8, 4) is 0 Å². The van der Waals surface area contributed by atoms with Gasteiger partial charge in [-0.2, -0.15) is 0 Å². The molecule has 1 fully saturated rings. The third kappa shape index (κ3) is 2.52. The molecule has 2 N–H and O–H groups in total. The summed E-state index contributed by atoms with van der Waals surface area (Å²) in [5.74, 6) is -0.562. The van der Waals surface area contributed by atoms with Crippen LogP contribution in [0.5, 0.6) is 0 Å². The third-order valence-corrected chi connectivity index (χ3v) is 3.59. The molecule has 1 aliphatic carbocycles. The summed E-state index contributed by atoms with van der Waals surface area (Å²) in [5.41, 5.74) is 5.85. The van der Waals surface area contributed by atoms with Crippen LogP contribution in [0.15, 0.2) is 18.5 Å². The highest BCUT2D eigenvalue weighted by molar-refractivity contribution is 5.98. The van der Waals surface area contributed by atoms with Gasteiger partial charge in [0.2, 0.25) is 0 Å². The van der Waals surface area contributed by atoms with Gasteiger partial charge < -0.3 is 5.73 Å². The minimum Gasteiger partial charge on any atom is -0.330 e. The van der Waals surface area contributed by atoms with Gasteiger partial charge in [-0.1, -0.05) is 12.8 Å². The molecule has 4 heteroatoms. The maximum absolute atomic E-state index is 13.5. The first-order chi connectivity index (χ1) is 8.24. The van der Waals surface area contributed by atoms with Gasteiger partial charge in [0.1, 0.15) is 0 Å². The number of halogens is 1. The zero-order chi connectivity index (χ0) is 12.3. The van der Waals surface area contributed by atoms with E-state index in [0.29, 0.717) is 6.54 Å². The van der Waals surface area contributed by atoms with E-state index in [1.54, 1.807) is 0 Å². The average molecular weight is 236 g/mol. The standard InChI is InChI=1S/C13H17FN2O/c14-12-8-16-6-5-11(12)13(17)10-4-2-1-3-9(10)7-15/h5-6,8-10H,1-4,7,15H2. The normalized spacial score (nSPS) is 24.6. The topological polar surface area (TPSA) is 56.0 Å². The molecule has 2 rings (SSSR count). The molecule has 92 valence electrons. The fourth-order valence-electron chi connectivity index (χ4n) is 2.61. The first-order valence-corrected chi connectivity index (χ1v) is 6.08. The summed E-state index contributed by atoms with van der Waals surface area (Å²) >= 11 is 0. The van der Waals surface area contributed by atoms with Gasteiger partial charge in [0, 0.05) is 12.1 Å². The first-order valence-electron chi connectivity index (χ1n) is 6.08. The highest BCUT2D eigenvalue weighted by atomic mass is 19.1. The second-order valence-electron chi connectivity index (χ2n) is 4.61. The Morgan fingerprint density at radius 3 is 2.94 bits per heavy atom. The summed E-state index contributed by atoms with van der Waals surface area (Å²) in [5, 5.41) is 0. The van der Waals surface area contributed by atoms with Crippen molar-refractivity contribution < 1.29 is 9.18 Å². The Labute approximate surface area is 100 Å². The number of rotatable bonds is 3. The van der Waals surface area contributed by atoms with E-state index >= 15 is 0 Å². The number of aromatic nitrogens is 1. The van der Waals surface area contributed by atoms with Crippen molar-refractivity contribution in [2.45, 2.75) is 25.7 Å². The van der Waals surface area contributed by atoms with Gasteiger partial charge in [-0.3, -0.25) is 9.78 Å². The fourth-order valence-corrected chi connectivity index (χ4v) is 2.61. The number of hydrogen-bond donors (Lipinski definition) is 1. The number of nitrogens with two attached hydrogens (primary N) is 1. The van der Waals surface area contributed by atoms with Gasteiger partial charge in [-0.25, -0.2) is 4.39 Å². The van der Waals surface area contributed by atoms with E-state index < -0.39 is 5.82 Å². The predicted molar refractivity (Wildman–Crippen MR) is 63.0 cm³/mol. The Morgan fingerprint density at radius 1 is 1.47 bits per heavy atom. The Morgan fingerprint density at radius 2 is 2.24 bits per heavy atom. The van der Waals surface area contributed by atoms with E-state index in [-0.39, 0.29) is 23.2 Å². The molecule has 17 heavy (non-hydrogen) atoms. The maximum Gasteiger partial charge on any atom is 0.169 e. The SMILES string of the molecule is NCC1CCCCC1C(=O)c1ccncc1F. The lowest BCUT2D eigenvalue weighted by atomic mass is 9.75. The van der Waals surface area contributed by atoms with E-state index in [1.165, 1.54) is 12.3 Å². The van der Waals surface area contributed by atoms with Crippen LogP contribution in [0, 0.1) is 17.7 Å². The predicted octanol–water partition coefficient (Wildman–Crippen LogP) is 2.17. The molecule has 0 aliphatic heterocycles. The number of nitrogens with zero attached hydrogens (tertiary/aromatic N) is 1. The van der Waals surface area contributed by atoms with Gasteiger partial charge >= 0.3 is 0 Å². The molecular formula is C13H17FN2O. The van der Waals surface area contributed by atoms with Crippen LogP contribution in [0.3, 0.4) is 0 Å². The fraction of sp³-hybridized carbons (Fsp3) is 0.538. The second-order valence-corrected chi connectivity index (χ2v) is 4.61. The summed E-state index contributed by atoms with van der Waals surface area (Å²) in [6.07, 6.45) is 6.48. The number of carbonyl (C=O) groups is 1. The average Bonchev–Trinajstić information content (AvgIpc) is 2.38. The smallest absolute Gasteiger partial charge is 0.169 e. The summed E-state index contributed by atoms with van der Waals surface area (Å²) in [6, 6.07) is 1.46. The van der Waals surface area contributed by atoms with Crippen molar-refractivity contribution in [1.29, 1.82) is 0 Å². The maximum atomic E-state index is 13.5. The summed E-state index contributed by atoms with van der Waals surface area (Å²) in [7, 11) is 0.